The van der Waals surface area contributed by atoms with Crippen LogP contribution in [0.2, 0.25) is 0 Å². The minimum atomic E-state index is 0.521. The molecule has 0 fully saturated rings. The van der Waals surface area contributed by atoms with Crippen LogP contribution in [0.1, 0.15) is 17.0 Å². The highest BCUT2D eigenvalue weighted by molar-refractivity contribution is 7.19. The molecular formula is C11H8N2OS. The summed E-state index contributed by atoms with van der Waals surface area (Å²) in [4.78, 5) is 4.22. The van der Waals surface area contributed by atoms with E-state index in [1.807, 2.05) is 6.07 Å². The Morgan fingerprint density at radius 3 is 3.27 bits per heavy atom. The van der Waals surface area contributed by atoms with Crippen LogP contribution < -0.4 is 4.74 Å². The Morgan fingerprint density at radius 2 is 2.40 bits per heavy atom. The van der Waals surface area contributed by atoms with Crippen LogP contribution in [0.4, 0.5) is 0 Å². The van der Waals surface area contributed by atoms with E-state index < -0.39 is 0 Å². The Morgan fingerprint density at radius 1 is 1.47 bits per heavy atom. The Labute approximate surface area is 90.9 Å². The third-order valence-corrected chi connectivity index (χ3v) is 3.44. The molecule has 1 aromatic carbocycles. The number of aromatic nitrogens is 1. The van der Waals surface area contributed by atoms with E-state index in [1.165, 1.54) is 16.9 Å². The number of nitriles is 1. The van der Waals surface area contributed by atoms with Crippen LogP contribution in [-0.4, -0.2) is 11.6 Å². The zero-order valence-corrected chi connectivity index (χ0v) is 8.80. The van der Waals surface area contributed by atoms with Gasteiger partial charge in [-0.25, -0.2) is 4.98 Å². The molecule has 0 saturated carbocycles. The molecule has 2 heterocycles. The molecule has 1 aromatic heterocycles. The summed E-state index contributed by atoms with van der Waals surface area (Å²) in [5, 5.41) is 9.29. The lowest BCUT2D eigenvalue weighted by molar-refractivity contribution is 0.289. The molecule has 0 saturated heterocycles. The van der Waals surface area contributed by atoms with E-state index in [1.54, 1.807) is 0 Å². The molecule has 3 nitrogen and oxygen atoms in total. The Kier molecular flexibility index (Phi) is 1.86. The van der Waals surface area contributed by atoms with Crippen LogP contribution in [-0.2, 0) is 6.42 Å². The highest BCUT2D eigenvalue weighted by Gasteiger charge is 2.13. The third-order valence-electron chi connectivity index (χ3n) is 2.51. The Hall–Kier alpha value is -1.60. The monoisotopic (exact) mass is 216 g/mol. The number of hydrogen-bond acceptors (Lipinski definition) is 4. The van der Waals surface area contributed by atoms with Crippen LogP contribution in [0.25, 0.3) is 10.2 Å². The summed E-state index contributed by atoms with van der Waals surface area (Å²) in [5.41, 5.74) is 2.11. The molecule has 74 valence electrons. The molecule has 0 bridgehead atoms. The van der Waals surface area contributed by atoms with Crippen molar-refractivity contribution in [1.29, 1.82) is 5.26 Å². The van der Waals surface area contributed by atoms with Crippen molar-refractivity contribution in [1.82, 2.24) is 4.98 Å². The van der Waals surface area contributed by atoms with Gasteiger partial charge >= 0.3 is 0 Å². The number of hydrogen-bond donors (Lipinski definition) is 0. The number of nitrogens with zero attached hydrogens (tertiary/aromatic N) is 2. The Bertz CT molecular complexity index is 525. The first-order chi connectivity index (χ1) is 7.36. The second-order valence-corrected chi connectivity index (χ2v) is 4.54. The first kappa shape index (κ1) is 8.69. The van der Waals surface area contributed by atoms with Crippen molar-refractivity contribution < 1.29 is 4.74 Å². The van der Waals surface area contributed by atoms with E-state index in [0.29, 0.717) is 5.01 Å². The zero-order valence-electron chi connectivity index (χ0n) is 7.99. The van der Waals surface area contributed by atoms with Gasteiger partial charge in [0.15, 0.2) is 5.01 Å². The van der Waals surface area contributed by atoms with Gasteiger partial charge in [0, 0.05) is 6.07 Å². The highest BCUT2D eigenvalue weighted by atomic mass is 32.1. The van der Waals surface area contributed by atoms with Crippen molar-refractivity contribution in [2.75, 3.05) is 6.61 Å². The van der Waals surface area contributed by atoms with Gasteiger partial charge in [-0.2, -0.15) is 5.26 Å². The first-order valence-electron chi connectivity index (χ1n) is 4.83. The topological polar surface area (TPSA) is 45.9 Å². The van der Waals surface area contributed by atoms with Crippen molar-refractivity contribution in [3.63, 3.8) is 0 Å². The molecule has 3 rings (SSSR count). The molecule has 15 heavy (non-hydrogen) atoms. The number of aryl methyl sites for hydroxylation is 1. The van der Waals surface area contributed by atoms with E-state index in [-0.39, 0.29) is 0 Å². The molecule has 0 unspecified atom stereocenters. The summed E-state index contributed by atoms with van der Waals surface area (Å²) in [6.45, 7) is 0.785. The fraction of sp³-hybridized carbons (Fsp3) is 0.273. The molecule has 0 N–H and O–H groups in total. The summed E-state index contributed by atoms with van der Waals surface area (Å²) in [6, 6.07) is 6.12. The van der Waals surface area contributed by atoms with Gasteiger partial charge < -0.3 is 4.74 Å². The minimum Gasteiger partial charge on any atom is -0.493 e. The maximum Gasteiger partial charge on any atom is 0.195 e. The number of benzene rings is 1. The predicted octanol–water partition coefficient (Wildman–Crippen LogP) is 2.49. The number of rotatable bonds is 0. The van der Waals surface area contributed by atoms with Crippen LogP contribution in [0.15, 0.2) is 12.1 Å². The van der Waals surface area contributed by atoms with Crippen molar-refractivity contribution in [2.24, 2.45) is 0 Å². The lowest BCUT2D eigenvalue weighted by atomic mass is 10.1. The van der Waals surface area contributed by atoms with Crippen molar-refractivity contribution in [3.05, 3.63) is 22.7 Å². The van der Waals surface area contributed by atoms with Gasteiger partial charge in [-0.15, -0.1) is 11.3 Å². The Balaban J connectivity index is 2.24. The van der Waals surface area contributed by atoms with Crippen LogP contribution in [0.5, 0.6) is 5.75 Å². The molecule has 1 aliphatic rings. The summed E-state index contributed by atoms with van der Waals surface area (Å²) in [6.07, 6.45) is 2.13. The fourth-order valence-corrected chi connectivity index (χ4v) is 2.63. The second kappa shape index (κ2) is 3.21. The maximum atomic E-state index is 8.77. The van der Waals surface area contributed by atoms with Gasteiger partial charge in [-0.3, -0.25) is 0 Å². The van der Waals surface area contributed by atoms with Crippen LogP contribution in [0, 0.1) is 11.3 Å². The first-order valence-corrected chi connectivity index (χ1v) is 5.65. The van der Waals surface area contributed by atoms with Crippen molar-refractivity contribution >= 4 is 21.6 Å². The number of fused-ring (bicyclic) bond motifs is 2. The summed E-state index contributed by atoms with van der Waals surface area (Å²) >= 11 is 1.44. The predicted molar refractivity (Wildman–Crippen MR) is 58.2 cm³/mol. The average molecular weight is 216 g/mol. The standard InChI is InChI=1S/C11H8N2OS/c12-6-11-13-8-5-9-7(2-1-3-14-9)4-10(8)15-11/h4-5H,1-3H2. The van der Waals surface area contributed by atoms with Gasteiger partial charge in [0.2, 0.25) is 0 Å². The lowest BCUT2D eigenvalue weighted by Crippen LogP contribution is -2.07. The largest absolute Gasteiger partial charge is 0.493 e. The maximum absolute atomic E-state index is 8.77. The zero-order chi connectivity index (χ0) is 10.3. The van der Waals surface area contributed by atoms with E-state index in [4.69, 9.17) is 10.00 Å². The normalized spacial score (nSPS) is 14.3. The molecule has 0 amide bonds. The second-order valence-electron chi connectivity index (χ2n) is 3.51. The highest BCUT2D eigenvalue weighted by Crippen LogP contribution is 2.32. The van der Waals surface area contributed by atoms with Crippen LogP contribution in [0.3, 0.4) is 0 Å². The van der Waals surface area contributed by atoms with Gasteiger partial charge in [0.1, 0.15) is 11.8 Å². The van der Waals surface area contributed by atoms with E-state index in [9.17, 15) is 0 Å². The summed E-state index contributed by atoms with van der Waals surface area (Å²) < 4.78 is 6.64. The van der Waals surface area contributed by atoms with Gasteiger partial charge in [0.25, 0.3) is 0 Å². The van der Waals surface area contributed by atoms with Crippen molar-refractivity contribution in [3.8, 4) is 11.8 Å². The molecule has 0 atom stereocenters. The minimum absolute atomic E-state index is 0.521. The average Bonchev–Trinajstić information content (AvgIpc) is 2.67. The fourth-order valence-electron chi connectivity index (χ4n) is 1.82. The van der Waals surface area contributed by atoms with E-state index in [2.05, 4.69) is 17.1 Å². The molecule has 1 aliphatic heterocycles. The molecule has 4 heteroatoms. The number of thiazole rings is 1. The van der Waals surface area contributed by atoms with Crippen LogP contribution >= 0.6 is 11.3 Å². The third kappa shape index (κ3) is 1.36. The van der Waals surface area contributed by atoms with Gasteiger partial charge in [0.05, 0.1) is 16.8 Å². The molecule has 0 aliphatic carbocycles. The van der Waals surface area contributed by atoms with E-state index >= 15 is 0 Å². The summed E-state index contributed by atoms with van der Waals surface area (Å²) in [5.74, 6) is 0.934. The molecular weight excluding hydrogens is 208 g/mol. The quantitative estimate of drug-likeness (QED) is 0.679. The smallest absolute Gasteiger partial charge is 0.195 e. The lowest BCUT2D eigenvalue weighted by Gasteiger charge is -2.16. The molecule has 0 spiro atoms. The van der Waals surface area contributed by atoms with E-state index in [0.717, 1.165) is 35.4 Å². The van der Waals surface area contributed by atoms with Gasteiger partial charge in [-0.1, -0.05) is 0 Å². The van der Waals surface area contributed by atoms with Crippen molar-refractivity contribution in [2.45, 2.75) is 12.8 Å². The summed E-state index contributed by atoms with van der Waals surface area (Å²) in [7, 11) is 0. The molecule has 0 radical (unpaired) electrons. The number of ether oxygens (including phenoxy) is 1. The SMILES string of the molecule is N#Cc1nc2cc3c(cc2s1)CCCO3. The van der Waals surface area contributed by atoms with Gasteiger partial charge in [-0.05, 0) is 24.5 Å². The molecule has 2 aromatic rings.